The molecule has 3 rings (SSSR count). The summed E-state index contributed by atoms with van der Waals surface area (Å²) in [6.07, 6.45) is 0.335. The second kappa shape index (κ2) is 13.9. The van der Waals surface area contributed by atoms with Gasteiger partial charge in [0.05, 0.1) is 17.7 Å². The van der Waals surface area contributed by atoms with E-state index < -0.39 is 28.5 Å². The van der Waals surface area contributed by atoms with Crippen molar-refractivity contribution < 1.29 is 22.7 Å². The highest BCUT2D eigenvalue weighted by molar-refractivity contribution is 7.92. The Morgan fingerprint density at radius 2 is 1.66 bits per heavy atom. The normalized spacial score (nSPS) is 12.1. The van der Waals surface area contributed by atoms with E-state index in [0.29, 0.717) is 6.42 Å². The van der Waals surface area contributed by atoms with Crippen LogP contribution in [0, 0.1) is 13.8 Å². The summed E-state index contributed by atoms with van der Waals surface area (Å²) in [5.74, 6) is -0.625. The first-order valence-electron chi connectivity index (χ1n) is 13.5. The maximum Gasteiger partial charge on any atom is 0.264 e. The number of hydrogen-bond acceptors (Lipinski definition) is 5. The van der Waals surface area contributed by atoms with Crippen molar-refractivity contribution in [3.63, 3.8) is 0 Å². The van der Waals surface area contributed by atoms with Crippen molar-refractivity contribution in [2.24, 2.45) is 0 Å². The third-order valence-electron chi connectivity index (χ3n) is 6.55. The van der Waals surface area contributed by atoms with Crippen molar-refractivity contribution in [3.8, 4) is 5.75 Å². The summed E-state index contributed by atoms with van der Waals surface area (Å²) in [6, 6.07) is 17.6. The number of methoxy groups -OCH3 is 1. The molecule has 2 amide bonds. The molecule has 41 heavy (non-hydrogen) atoms. The van der Waals surface area contributed by atoms with Gasteiger partial charge in [0.2, 0.25) is 11.8 Å². The van der Waals surface area contributed by atoms with Crippen molar-refractivity contribution in [3.05, 3.63) is 88.4 Å². The van der Waals surface area contributed by atoms with Gasteiger partial charge in [0.15, 0.2) is 0 Å². The number of benzene rings is 3. The zero-order valence-electron chi connectivity index (χ0n) is 24.3. The lowest BCUT2D eigenvalue weighted by atomic mass is 10.1. The Balaban J connectivity index is 2.14. The quantitative estimate of drug-likeness (QED) is 0.297. The standard InChI is InChI=1S/C31H38ClN3O5S/c1-7-27(31(37)33-21(2)3)34(19-24-10-8-9-23(5)17-24)30(36)20-35(28-18-25(32)13-16-29(28)40-6)41(38,39)26-14-11-22(4)12-15-26/h8-18,21,27H,7,19-20H2,1-6H3,(H,33,37)/t27-/m1/s1. The van der Waals surface area contributed by atoms with E-state index in [0.717, 1.165) is 21.0 Å². The van der Waals surface area contributed by atoms with Crippen LogP contribution in [0.4, 0.5) is 5.69 Å². The zero-order chi connectivity index (χ0) is 30.3. The molecule has 0 bridgehead atoms. The Labute approximate surface area is 248 Å². The number of aryl methyl sites for hydroxylation is 2. The summed E-state index contributed by atoms with van der Waals surface area (Å²) in [7, 11) is -2.84. The predicted molar refractivity (Wildman–Crippen MR) is 163 cm³/mol. The molecule has 0 spiro atoms. The molecule has 3 aromatic carbocycles. The maximum atomic E-state index is 14.2. The maximum absolute atomic E-state index is 14.2. The Hall–Kier alpha value is -3.56. The lowest BCUT2D eigenvalue weighted by Crippen LogP contribution is -2.53. The highest BCUT2D eigenvalue weighted by atomic mass is 35.5. The van der Waals surface area contributed by atoms with Crippen molar-refractivity contribution >= 4 is 39.1 Å². The molecule has 0 saturated carbocycles. The highest BCUT2D eigenvalue weighted by Crippen LogP contribution is 2.35. The molecular weight excluding hydrogens is 562 g/mol. The Kier molecular flexibility index (Phi) is 10.8. The average Bonchev–Trinajstić information content (AvgIpc) is 2.91. The van der Waals surface area contributed by atoms with Crippen molar-refractivity contribution in [1.82, 2.24) is 10.2 Å². The number of sulfonamides is 1. The Morgan fingerprint density at radius 1 is 0.976 bits per heavy atom. The number of anilines is 1. The Morgan fingerprint density at radius 3 is 2.24 bits per heavy atom. The molecule has 1 atom stereocenters. The fraction of sp³-hybridized carbons (Fsp3) is 0.355. The molecule has 0 saturated heterocycles. The van der Waals surface area contributed by atoms with Gasteiger partial charge in [-0.05, 0) is 70.0 Å². The summed E-state index contributed by atoms with van der Waals surface area (Å²) in [6.45, 7) is 8.85. The predicted octanol–water partition coefficient (Wildman–Crippen LogP) is 5.49. The van der Waals surface area contributed by atoms with Crippen LogP contribution < -0.4 is 14.4 Å². The molecule has 0 aliphatic carbocycles. The van der Waals surface area contributed by atoms with Crippen LogP contribution >= 0.6 is 11.6 Å². The topological polar surface area (TPSA) is 96.0 Å². The molecule has 0 radical (unpaired) electrons. The van der Waals surface area contributed by atoms with E-state index >= 15 is 0 Å². The van der Waals surface area contributed by atoms with Crippen molar-refractivity contribution in [2.75, 3.05) is 18.0 Å². The molecule has 3 aromatic rings. The van der Waals surface area contributed by atoms with Gasteiger partial charge in [-0.3, -0.25) is 13.9 Å². The van der Waals surface area contributed by atoms with Gasteiger partial charge in [0.25, 0.3) is 10.0 Å². The van der Waals surface area contributed by atoms with E-state index in [1.54, 1.807) is 24.3 Å². The minimum absolute atomic E-state index is 0.00718. The number of amides is 2. The van der Waals surface area contributed by atoms with Crippen LogP contribution in [0.15, 0.2) is 71.6 Å². The smallest absolute Gasteiger partial charge is 0.264 e. The van der Waals surface area contributed by atoms with E-state index in [1.165, 1.54) is 30.2 Å². The first-order valence-corrected chi connectivity index (χ1v) is 15.3. The zero-order valence-corrected chi connectivity index (χ0v) is 25.9. The Bertz CT molecular complexity index is 1480. The number of halogens is 1. The second-order valence-electron chi connectivity index (χ2n) is 10.2. The fourth-order valence-electron chi connectivity index (χ4n) is 4.52. The molecule has 0 unspecified atom stereocenters. The van der Waals surface area contributed by atoms with Crippen LogP contribution in [-0.4, -0.2) is 50.9 Å². The summed E-state index contributed by atoms with van der Waals surface area (Å²) >= 11 is 6.29. The number of carbonyl (C=O) groups excluding carboxylic acids is 2. The van der Waals surface area contributed by atoms with Gasteiger partial charge in [-0.15, -0.1) is 0 Å². The van der Waals surface area contributed by atoms with Gasteiger partial charge in [0.1, 0.15) is 18.3 Å². The van der Waals surface area contributed by atoms with Crippen LogP contribution in [0.1, 0.15) is 43.9 Å². The van der Waals surface area contributed by atoms with Crippen LogP contribution in [0.3, 0.4) is 0 Å². The van der Waals surface area contributed by atoms with E-state index in [1.807, 2.05) is 58.9 Å². The first-order chi connectivity index (χ1) is 19.4. The molecule has 220 valence electrons. The molecule has 0 aromatic heterocycles. The molecule has 0 fully saturated rings. The van der Waals surface area contributed by atoms with Crippen LogP contribution in [0.25, 0.3) is 0 Å². The molecule has 0 aliphatic rings. The molecule has 10 heteroatoms. The molecule has 0 aliphatic heterocycles. The number of rotatable bonds is 12. The van der Waals surface area contributed by atoms with E-state index in [9.17, 15) is 18.0 Å². The minimum atomic E-state index is -4.25. The van der Waals surface area contributed by atoms with E-state index in [4.69, 9.17) is 16.3 Å². The SMILES string of the molecule is CC[C@H](C(=O)NC(C)C)N(Cc1cccc(C)c1)C(=O)CN(c1cc(Cl)ccc1OC)S(=O)(=O)c1ccc(C)cc1. The lowest BCUT2D eigenvalue weighted by molar-refractivity contribution is -0.140. The van der Waals surface area contributed by atoms with Gasteiger partial charge in [0, 0.05) is 17.6 Å². The van der Waals surface area contributed by atoms with Crippen molar-refractivity contribution in [1.29, 1.82) is 0 Å². The van der Waals surface area contributed by atoms with Crippen molar-refractivity contribution in [2.45, 2.75) is 64.6 Å². The average molecular weight is 600 g/mol. The third-order valence-corrected chi connectivity index (χ3v) is 8.56. The molecule has 0 heterocycles. The molecule has 1 N–H and O–H groups in total. The number of nitrogens with zero attached hydrogens (tertiary/aromatic N) is 2. The first kappa shape index (κ1) is 32.0. The lowest BCUT2D eigenvalue weighted by Gasteiger charge is -2.34. The van der Waals surface area contributed by atoms with Crippen LogP contribution in [0.2, 0.25) is 5.02 Å². The monoisotopic (exact) mass is 599 g/mol. The minimum Gasteiger partial charge on any atom is -0.495 e. The summed E-state index contributed by atoms with van der Waals surface area (Å²) < 4.78 is 34.6. The third kappa shape index (κ3) is 8.01. The largest absolute Gasteiger partial charge is 0.495 e. The number of ether oxygens (including phenoxy) is 1. The second-order valence-corrected chi connectivity index (χ2v) is 12.5. The summed E-state index contributed by atoms with van der Waals surface area (Å²) in [4.78, 5) is 28.9. The van der Waals surface area contributed by atoms with Gasteiger partial charge < -0.3 is 15.0 Å². The van der Waals surface area contributed by atoms with Gasteiger partial charge in [-0.2, -0.15) is 0 Å². The number of nitrogens with one attached hydrogen (secondary N) is 1. The molecular formula is C31H38ClN3O5S. The summed E-state index contributed by atoms with van der Waals surface area (Å²) in [5, 5.41) is 3.17. The molecule has 8 nitrogen and oxygen atoms in total. The van der Waals surface area contributed by atoms with Gasteiger partial charge in [-0.25, -0.2) is 8.42 Å². The fourth-order valence-corrected chi connectivity index (χ4v) is 6.10. The van der Waals surface area contributed by atoms with Crippen LogP contribution in [-0.2, 0) is 26.2 Å². The van der Waals surface area contributed by atoms with E-state index in [-0.39, 0.29) is 39.8 Å². The number of carbonyl (C=O) groups is 2. The number of hydrogen-bond donors (Lipinski definition) is 1. The summed E-state index contributed by atoms with van der Waals surface area (Å²) in [5.41, 5.74) is 2.83. The van der Waals surface area contributed by atoms with Gasteiger partial charge >= 0.3 is 0 Å². The highest BCUT2D eigenvalue weighted by Gasteiger charge is 2.35. The van der Waals surface area contributed by atoms with E-state index in [2.05, 4.69) is 5.32 Å². The van der Waals surface area contributed by atoms with Crippen LogP contribution in [0.5, 0.6) is 5.75 Å². The van der Waals surface area contributed by atoms with Gasteiger partial charge in [-0.1, -0.05) is 66.0 Å².